The minimum absolute atomic E-state index is 0.530. The van der Waals surface area contributed by atoms with Crippen LogP contribution >= 0.6 is 7.60 Å². The molecule has 0 spiro atoms. The highest BCUT2D eigenvalue weighted by Gasteiger charge is 2.24. The Morgan fingerprint density at radius 1 is 0.566 bits per heavy atom. The van der Waals surface area contributed by atoms with E-state index in [1.165, 1.54) is 140 Å². The van der Waals surface area contributed by atoms with E-state index in [9.17, 15) is 4.57 Å². The van der Waals surface area contributed by atoms with Crippen LogP contribution in [0.15, 0.2) is 36.7 Å². The van der Waals surface area contributed by atoms with Gasteiger partial charge in [0.25, 0.3) is 0 Å². The Hall–Kier alpha value is -0.960. The third-order valence-corrected chi connectivity index (χ3v) is 13.3. The SMILES string of the molecule is CCCCCCCC/C=C\CCCCCCCCOP(=O)(CCCCc1cc[n+](C)cc1)OCCC(C)CCCC(C)CCCC(C)CCCC(C)C. The van der Waals surface area contributed by atoms with Crippen molar-refractivity contribution in [3.05, 3.63) is 42.2 Å². The maximum absolute atomic E-state index is 13.9. The largest absolute Gasteiger partial charge is 0.330 e. The van der Waals surface area contributed by atoms with Crippen LogP contribution in [0.4, 0.5) is 0 Å². The highest BCUT2D eigenvalue weighted by molar-refractivity contribution is 7.53. The number of aryl methyl sites for hydroxylation is 2. The Bertz CT molecular complexity index is 1010. The molecule has 0 radical (unpaired) electrons. The monoisotopic (exact) mass is 761 g/mol. The molecule has 1 aromatic heterocycles. The molecular weight excluding hydrogens is 670 g/mol. The summed E-state index contributed by atoms with van der Waals surface area (Å²) in [6, 6.07) is 4.36. The fourth-order valence-electron chi connectivity index (χ4n) is 7.38. The highest BCUT2D eigenvalue weighted by atomic mass is 31.2. The van der Waals surface area contributed by atoms with E-state index in [0.29, 0.717) is 25.3 Å². The molecule has 4 unspecified atom stereocenters. The Kier molecular flexibility index (Phi) is 32.4. The van der Waals surface area contributed by atoms with Crippen molar-refractivity contribution in [2.24, 2.45) is 30.7 Å². The van der Waals surface area contributed by atoms with E-state index in [2.05, 4.69) is 82.8 Å². The fourth-order valence-corrected chi connectivity index (χ4v) is 9.12. The molecule has 0 N–H and O–H groups in total. The zero-order chi connectivity index (χ0) is 38.8. The lowest BCUT2D eigenvalue weighted by Crippen LogP contribution is -2.25. The van der Waals surface area contributed by atoms with Crippen molar-refractivity contribution < 1.29 is 18.2 Å². The topological polar surface area (TPSA) is 39.4 Å². The first-order valence-corrected chi connectivity index (χ1v) is 24.8. The second-order valence-corrected chi connectivity index (χ2v) is 19.7. The fraction of sp³-hybridized carbons (Fsp3) is 0.854. The summed E-state index contributed by atoms with van der Waals surface area (Å²) in [7, 11) is -1.03. The number of hydrogen-bond acceptors (Lipinski definition) is 3. The van der Waals surface area contributed by atoms with Gasteiger partial charge in [-0.2, -0.15) is 0 Å². The lowest BCUT2D eigenvalue weighted by atomic mass is 9.91. The Morgan fingerprint density at radius 2 is 1.04 bits per heavy atom. The van der Waals surface area contributed by atoms with Crippen LogP contribution in [-0.4, -0.2) is 19.4 Å². The van der Waals surface area contributed by atoms with Gasteiger partial charge in [-0.1, -0.05) is 169 Å². The Labute approximate surface area is 332 Å². The molecule has 4 atom stereocenters. The molecule has 0 aliphatic heterocycles. The molecule has 0 aliphatic carbocycles. The number of nitrogens with zero attached hydrogens (tertiary/aromatic N) is 1. The first-order chi connectivity index (χ1) is 25.6. The molecule has 5 heteroatoms. The summed E-state index contributed by atoms with van der Waals surface area (Å²) in [6.07, 6.45) is 43.5. The molecule has 310 valence electrons. The van der Waals surface area contributed by atoms with Gasteiger partial charge in [0.15, 0.2) is 12.4 Å². The van der Waals surface area contributed by atoms with Crippen molar-refractivity contribution in [2.75, 3.05) is 19.4 Å². The van der Waals surface area contributed by atoms with Gasteiger partial charge in [0, 0.05) is 12.1 Å². The third-order valence-electron chi connectivity index (χ3n) is 11.3. The van der Waals surface area contributed by atoms with Crippen molar-refractivity contribution in [1.82, 2.24) is 0 Å². The van der Waals surface area contributed by atoms with Crippen molar-refractivity contribution in [1.29, 1.82) is 0 Å². The molecule has 0 bridgehead atoms. The number of pyridine rings is 1. The van der Waals surface area contributed by atoms with E-state index in [4.69, 9.17) is 9.05 Å². The smallest absolute Gasteiger partial charge is 0.309 e. The first-order valence-electron chi connectivity index (χ1n) is 23.1. The number of rotatable bonds is 38. The lowest BCUT2D eigenvalue weighted by molar-refractivity contribution is -0.671. The number of allylic oxidation sites excluding steroid dienone is 2. The van der Waals surface area contributed by atoms with Crippen LogP contribution in [0.3, 0.4) is 0 Å². The summed E-state index contributed by atoms with van der Waals surface area (Å²) in [6.45, 7) is 15.3. The van der Waals surface area contributed by atoms with Gasteiger partial charge >= 0.3 is 7.60 Å². The highest BCUT2D eigenvalue weighted by Crippen LogP contribution is 2.49. The van der Waals surface area contributed by atoms with Gasteiger partial charge in [-0.05, 0) is 87.0 Å². The Balaban J connectivity index is 2.29. The predicted octanol–water partition coefficient (Wildman–Crippen LogP) is 15.6. The van der Waals surface area contributed by atoms with Crippen LogP contribution in [0.25, 0.3) is 0 Å². The molecule has 1 aromatic rings. The van der Waals surface area contributed by atoms with Crippen LogP contribution in [0.2, 0.25) is 0 Å². The second kappa shape index (κ2) is 34.3. The van der Waals surface area contributed by atoms with Gasteiger partial charge in [0.1, 0.15) is 7.05 Å². The maximum Gasteiger partial charge on any atom is 0.330 e. The van der Waals surface area contributed by atoms with Gasteiger partial charge in [-0.25, -0.2) is 4.57 Å². The summed E-state index contributed by atoms with van der Waals surface area (Å²) >= 11 is 0. The quantitative estimate of drug-likeness (QED) is 0.0292. The molecule has 4 nitrogen and oxygen atoms in total. The third kappa shape index (κ3) is 31.9. The molecule has 0 aromatic carbocycles. The summed E-state index contributed by atoms with van der Waals surface area (Å²) in [5.41, 5.74) is 1.33. The second-order valence-electron chi connectivity index (χ2n) is 17.6. The minimum atomic E-state index is -3.08. The average Bonchev–Trinajstić information content (AvgIpc) is 3.12. The van der Waals surface area contributed by atoms with Crippen LogP contribution < -0.4 is 4.57 Å². The molecule has 0 amide bonds. The summed E-state index contributed by atoms with van der Waals surface area (Å²) < 4.78 is 28.2. The van der Waals surface area contributed by atoms with Crippen LogP contribution in [0, 0.1) is 23.7 Å². The van der Waals surface area contributed by atoms with Crippen molar-refractivity contribution >= 4 is 7.60 Å². The average molecular weight is 761 g/mol. The predicted molar refractivity (Wildman–Crippen MR) is 233 cm³/mol. The molecule has 1 rings (SSSR count). The summed E-state index contributed by atoms with van der Waals surface area (Å²) in [4.78, 5) is 0. The van der Waals surface area contributed by atoms with Gasteiger partial charge in [-0.15, -0.1) is 0 Å². The molecule has 0 saturated heterocycles. The Morgan fingerprint density at radius 3 is 1.58 bits per heavy atom. The van der Waals surface area contributed by atoms with Gasteiger partial charge in [0.05, 0.1) is 19.4 Å². The summed E-state index contributed by atoms with van der Waals surface area (Å²) in [5, 5.41) is 0. The van der Waals surface area contributed by atoms with Crippen LogP contribution in [-0.2, 0) is 27.1 Å². The van der Waals surface area contributed by atoms with E-state index in [1.54, 1.807) is 0 Å². The molecule has 0 aliphatic rings. The van der Waals surface area contributed by atoms with E-state index in [1.807, 2.05) is 7.05 Å². The molecular formula is C48H91NO3P+. The molecule has 1 heterocycles. The normalized spacial score (nSPS) is 14.9. The molecule has 53 heavy (non-hydrogen) atoms. The number of aromatic nitrogens is 1. The minimum Gasteiger partial charge on any atom is -0.309 e. The number of unbranched alkanes of at least 4 members (excludes halogenated alkanes) is 13. The van der Waals surface area contributed by atoms with Crippen molar-refractivity contribution in [3.8, 4) is 0 Å². The zero-order valence-electron chi connectivity index (χ0n) is 36.6. The van der Waals surface area contributed by atoms with Crippen molar-refractivity contribution in [3.63, 3.8) is 0 Å². The van der Waals surface area contributed by atoms with Crippen molar-refractivity contribution in [2.45, 2.75) is 215 Å². The van der Waals surface area contributed by atoms with Gasteiger partial charge in [-0.3, -0.25) is 4.57 Å². The maximum atomic E-state index is 13.9. The van der Waals surface area contributed by atoms with E-state index in [0.717, 1.165) is 56.3 Å². The van der Waals surface area contributed by atoms with E-state index < -0.39 is 7.60 Å². The molecule has 0 fully saturated rings. The van der Waals surface area contributed by atoms with Crippen LogP contribution in [0.5, 0.6) is 0 Å². The van der Waals surface area contributed by atoms with Gasteiger partial charge < -0.3 is 9.05 Å². The van der Waals surface area contributed by atoms with E-state index >= 15 is 0 Å². The van der Waals surface area contributed by atoms with Gasteiger partial charge in [0.2, 0.25) is 0 Å². The lowest BCUT2D eigenvalue weighted by Gasteiger charge is -2.20. The zero-order valence-corrected chi connectivity index (χ0v) is 37.5. The first kappa shape index (κ1) is 50.1. The molecule has 0 saturated carbocycles. The summed E-state index contributed by atoms with van der Waals surface area (Å²) in [5.74, 6) is 3.12. The standard InChI is InChI=1S/C48H91NO3P/c1-8-9-10-11-12-13-14-15-16-17-18-19-20-21-22-24-41-51-53(50,43-25-23-35-48-36-39-49(7)40-37-48)52-42-38-47(6)34-28-33-46(5)32-27-31-45(4)30-26-29-44(2)3/h15-16,36-37,39-40,44-47H,8-14,17-35,38,41-43H2,1-7H3/q+1/b16-15-. The number of hydrogen-bond donors (Lipinski definition) is 0. The van der Waals surface area contributed by atoms with Crippen LogP contribution in [0.1, 0.15) is 214 Å². The van der Waals surface area contributed by atoms with E-state index in [-0.39, 0.29) is 0 Å².